The Bertz CT molecular complexity index is 795. The summed E-state index contributed by atoms with van der Waals surface area (Å²) in [5.74, 6) is 1.06. The van der Waals surface area contributed by atoms with E-state index in [9.17, 15) is 4.79 Å². The Kier molecular flexibility index (Phi) is 6.36. The predicted octanol–water partition coefficient (Wildman–Crippen LogP) is 1.93. The maximum atomic E-state index is 11.1. The molecule has 2 aromatic rings. The highest BCUT2D eigenvalue weighted by atomic mass is 35.5. The summed E-state index contributed by atoms with van der Waals surface area (Å²) >= 11 is 5.95. The quantitative estimate of drug-likeness (QED) is 0.602. The molecule has 1 aliphatic rings. The molecule has 0 saturated carbocycles. The molecule has 1 aliphatic heterocycles. The smallest absolute Gasteiger partial charge is 0.284 e. The molecule has 0 aliphatic carbocycles. The first kappa shape index (κ1) is 19.3. The van der Waals surface area contributed by atoms with Crippen LogP contribution in [-0.4, -0.2) is 54.9 Å². The van der Waals surface area contributed by atoms with Gasteiger partial charge in [0.25, 0.3) is 5.91 Å². The number of carbonyl (C=O) groups excluding carboxylic acids is 1. The summed E-state index contributed by atoms with van der Waals surface area (Å²) < 4.78 is 5.39. The molecule has 1 saturated heterocycles. The van der Waals surface area contributed by atoms with Gasteiger partial charge in [0.1, 0.15) is 5.76 Å². The summed E-state index contributed by atoms with van der Waals surface area (Å²) in [5, 5.41) is 4.04. The normalized spacial score (nSPS) is 15.8. The third kappa shape index (κ3) is 5.24. The van der Waals surface area contributed by atoms with E-state index in [0.717, 1.165) is 43.7 Å². The van der Waals surface area contributed by atoms with E-state index < -0.39 is 5.91 Å². The van der Waals surface area contributed by atoms with E-state index in [1.165, 1.54) is 5.56 Å². The fraction of sp³-hybridized carbons (Fsp3) is 0.368. The predicted molar refractivity (Wildman–Crippen MR) is 106 cm³/mol. The van der Waals surface area contributed by atoms with Crippen LogP contribution in [0.1, 0.15) is 21.9 Å². The first-order valence-corrected chi connectivity index (χ1v) is 9.24. The van der Waals surface area contributed by atoms with E-state index in [1.54, 1.807) is 19.2 Å². The van der Waals surface area contributed by atoms with E-state index >= 15 is 0 Å². The van der Waals surface area contributed by atoms with Crippen LogP contribution in [0.4, 0.5) is 0 Å². The number of carbonyl (C=O) groups is 1. The summed E-state index contributed by atoms with van der Waals surface area (Å²) in [7, 11) is 1.76. The maximum absolute atomic E-state index is 11.1. The van der Waals surface area contributed by atoms with E-state index in [4.69, 9.17) is 21.8 Å². The molecule has 144 valence electrons. The van der Waals surface area contributed by atoms with Gasteiger partial charge in [-0.05, 0) is 29.8 Å². The van der Waals surface area contributed by atoms with Crippen molar-refractivity contribution in [3.63, 3.8) is 0 Å². The number of rotatable bonds is 5. The van der Waals surface area contributed by atoms with Crippen LogP contribution in [0.25, 0.3) is 0 Å². The molecule has 0 atom stereocenters. The molecule has 7 nitrogen and oxygen atoms in total. The molecule has 1 aromatic heterocycles. The number of hydrogen-bond donors (Lipinski definition) is 2. The number of benzene rings is 1. The first-order chi connectivity index (χ1) is 13.0. The third-order valence-electron chi connectivity index (χ3n) is 4.53. The number of aliphatic imine (C=N–C) groups is 1. The monoisotopic (exact) mass is 389 g/mol. The zero-order valence-electron chi connectivity index (χ0n) is 15.3. The largest absolute Gasteiger partial charge is 0.454 e. The van der Waals surface area contributed by atoms with Crippen molar-refractivity contribution in [3.05, 3.63) is 58.5 Å². The summed E-state index contributed by atoms with van der Waals surface area (Å²) in [6.07, 6.45) is 0. The van der Waals surface area contributed by atoms with Gasteiger partial charge in [-0.15, -0.1) is 0 Å². The van der Waals surface area contributed by atoms with Crippen LogP contribution in [0.5, 0.6) is 0 Å². The molecule has 1 fully saturated rings. The second kappa shape index (κ2) is 8.92. The fourth-order valence-electron chi connectivity index (χ4n) is 3.07. The molecule has 1 amide bonds. The highest BCUT2D eigenvalue weighted by Crippen LogP contribution is 2.13. The van der Waals surface area contributed by atoms with Crippen molar-refractivity contribution in [2.75, 3.05) is 33.2 Å². The first-order valence-electron chi connectivity index (χ1n) is 8.86. The van der Waals surface area contributed by atoms with Crippen molar-refractivity contribution in [2.24, 2.45) is 10.7 Å². The van der Waals surface area contributed by atoms with Gasteiger partial charge in [-0.25, -0.2) is 0 Å². The number of hydrogen-bond acceptors (Lipinski definition) is 4. The molecule has 2 heterocycles. The minimum atomic E-state index is -0.567. The average Bonchev–Trinajstić information content (AvgIpc) is 3.15. The van der Waals surface area contributed by atoms with E-state index in [0.29, 0.717) is 12.3 Å². The van der Waals surface area contributed by atoms with E-state index in [-0.39, 0.29) is 5.76 Å². The summed E-state index contributed by atoms with van der Waals surface area (Å²) in [6, 6.07) is 11.3. The minimum absolute atomic E-state index is 0.164. The number of guanidine groups is 1. The van der Waals surface area contributed by atoms with Gasteiger partial charge in [0.2, 0.25) is 0 Å². The Hall–Kier alpha value is -2.51. The molecule has 0 radical (unpaired) electrons. The standard InChI is InChI=1S/C19H24ClN5O2/c1-22-19(23-12-16-6-7-17(27-16)18(21)26)25-10-8-24(9-11-25)13-14-2-4-15(20)5-3-14/h2-7H,8-13H2,1H3,(H2,21,26)(H,22,23). The number of primary amides is 1. The Labute approximate surface area is 163 Å². The zero-order chi connectivity index (χ0) is 19.2. The number of nitrogens with one attached hydrogen (secondary N) is 1. The van der Waals surface area contributed by atoms with Crippen molar-refractivity contribution in [3.8, 4) is 0 Å². The Morgan fingerprint density at radius 3 is 2.48 bits per heavy atom. The van der Waals surface area contributed by atoms with Crippen LogP contribution in [0.3, 0.4) is 0 Å². The lowest BCUT2D eigenvalue weighted by Gasteiger charge is -2.36. The van der Waals surface area contributed by atoms with Gasteiger partial charge >= 0.3 is 0 Å². The average molecular weight is 390 g/mol. The topological polar surface area (TPSA) is 87.1 Å². The van der Waals surface area contributed by atoms with E-state index in [2.05, 4.69) is 32.2 Å². The lowest BCUT2D eigenvalue weighted by Crippen LogP contribution is -2.52. The van der Waals surface area contributed by atoms with Crippen molar-refractivity contribution in [2.45, 2.75) is 13.1 Å². The van der Waals surface area contributed by atoms with Gasteiger partial charge in [0.05, 0.1) is 6.54 Å². The highest BCUT2D eigenvalue weighted by molar-refractivity contribution is 6.30. The molecule has 0 bridgehead atoms. The lowest BCUT2D eigenvalue weighted by atomic mass is 10.2. The number of nitrogens with two attached hydrogens (primary N) is 1. The second-order valence-electron chi connectivity index (χ2n) is 6.42. The van der Waals surface area contributed by atoms with Crippen molar-refractivity contribution in [1.29, 1.82) is 0 Å². The molecule has 0 spiro atoms. The molecule has 27 heavy (non-hydrogen) atoms. The Balaban J connectivity index is 1.48. The van der Waals surface area contributed by atoms with E-state index in [1.807, 2.05) is 12.1 Å². The van der Waals surface area contributed by atoms with Crippen molar-refractivity contribution in [1.82, 2.24) is 15.1 Å². The van der Waals surface area contributed by atoms with Crippen LogP contribution in [0.2, 0.25) is 5.02 Å². The van der Waals surface area contributed by atoms with Gasteiger partial charge < -0.3 is 20.4 Å². The second-order valence-corrected chi connectivity index (χ2v) is 6.86. The Morgan fingerprint density at radius 2 is 1.89 bits per heavy atom. The van der Waals surface area contributed by atoms with Gasteiger partial charge in [0.15, 0.2) is 11.7 Å². The van der Waals surface area contributed by atoms with Crippen molar-refractivity contribution < 1.29 is 9.21 Å². The number of piperazine rings is 1. The SMILES string of the molecule is CN=C(NCc1ccc(C(N)=O)o1)N1CCN(Cc2ccc(Cl)cc2)CC1. The number of nitrogens with zero attached hydrogens (tertiary/aromatic N) is 3. The zero-order valence-corrected chi connectivity index (χ0v) is 16.1. The summed E-state index contributed by atoms with van der Waals surface area (Å²) in [6.45, 7) is 5.05. The van der Waals surface area contributed by atoms with Gasteiger partial charge in [-0.2, -0.15) is 0 Å². The van der Waals surface area contributed by atoms with Gasteiger partial charge in [-0.3, -0.25) is 14.7 Å². The van der Waals surface area contributed by atoms with Crippen LogP contribution < -0.4 is 11.1 Å². The van der Waals surface area contributed by atoms with Crippen molar-refractivity contribution >= 4 is 23.5 Å². The summed E-state index contributed by atoms with van der Waals surface area (Å²) in [5.41, 5.74) is 6.47. The third-order valence-corrected chi connectivity index (χ3v) is 4.78. The number of amides is 1. The van der Waals surface area contributed by atoms with Crippen LogP contribution in [0.15, 0.2) is 45.8 Å². The fourth-order valence-corrected chi connectivity index (χ4v) is 3.20. The molecular formula is C19H24ClN5O2. The van der Waals surface area contributed by atoms with Crippen LogP contribution in [0, 0.1) is 0 Å². The van der Waals surface area contributed by atoms with Gasteiger partial charge in [0, 0.05) is 44.8 Å². The highest BCUT2D eigenvalue weighted by Gasteiger charge is 2.20. The molecule has 0 unspecified atom stereocenters. The Morgan fingerprint density at radius 1 is 1.19 bits per heavy atom. The lowest BCUT2D eigenvalue weighted by molar-refractivity contribution is 0.0972. The van der Waals surface area contributed by atoms with Gasteiger partial charge in [-0.1, -0.05) is 23.7 Å². The summed E-state index contributed by atoms with van der Waals surface area (Å²) in [4.78, 5) is 20.1. The molecular weight excluding hydrogens is 366 g/mol. The van der Waals surface area contributed by atoms with Crippen LogP contribution >= 0.6 is 11.6 Å². The molecule has 1 aromatic carbocycles. The molecule has 3 rings (SSSR count). The molecule has 3 N–H and O–H groups in total. The minimum Gasteiger partial charge on any atom is -0.454 e. The van der Waals surface area contributed by atoms with Crippen LogP contribution in [-0.2, 0) is 13.1 Å². The molecule has 8 heteroatoms. The maximum Gasteiger partial charge on any atom is 0.284 e. The number of furan rings is 1. The number of halogens is 1.